The van der Waals surface area contributed by atoms with E-state index in [4.69, 9.17) is 11.1 Å². The SMILES string of the molecule is CC(C)CC1(N)C(=N)C2=NNNN2c2ncccc21. The average molecular weight is 259 g/mol. The van der Waals surface area contributed by atoms with Gasteiger partial charge in [-0.25, -0.2) is 15.5 Å². The van der Waals surface area contributed by atoms with E-state index in [0.717, 1.165) is 5.56 Å². The summed E-state index contributed by atoms with van der Waals surface area (Å²) >= 11 is 0. The quantitative estimate of drug-likeness (QED) is 0.618. The van der Waals surface area contributed by atoms with E-state index in [9.17, 15) is 0 Å². The van der Waals surface area contributed by atoms with Crippen molar-refractivity contribution < 1.29 is 0 Å². The predicted octanol–water partition coefficient (Wildman–Crippen LogP) is 0.458. The number of aromatic nitrogens is 1. The molecule has 0 amide bonds. The number of amidine groups is 1. The molecule has 3 rings (SSSR count). The van der Waals surface area contributed by atoms with Crippen molar-refractivity contribution in [3.05, 3.63) is 23.9 Å². The van der Waals surface area contributed by atoms with Gasteiger partial charge in [0.25, 0.3) is 0 Å². The maximum Gasteiger partial charge on any atom is 0.195 e. The molecule has 0 radical (unpaired) electrons. The van der Waals surface area contributed by atoms with Crippen molar-refractivity contribution >= 4 is 17.4 Å². The fraction of sp³-hybridized carbons (Fsp3) is 0.417. The molecule has 0 bridgehead atoms. The van der Waals surface area contributed by atoms with Crippen LogP contribution in [0.25, 0.3) is 0 Å². The van der Waals surface area contributed by atoms with Crippen molar-refractivity contribution in [1.82, 2.24) is 16.1 Å². The second-order valence-electron chi connectivity index (χ2n) is 5.31. The summed E-state index contributed by atoms with van der Waals surface area (Å²) in [5, 5.41) is 14.1. The normalized spacial score (nSPS) is 24.9. The van der Waals surface area contributed by atoms with E-state index in [1.165, 1.54) is 0 Å². The predicted molar refractivity (Wildman–Crippen MR) is 73.5 cm³/mol. The molecular weight excluding hydrogens is 242 g/mol. The first-order valence-electron chi connectivity index (χ1n) is 6.26. The number of nitrogens with zero attached hydrogens (tertiary/aromatic N) is 3. The van der Waals surface area contributed by atoms with Gasteiger partial charge in [0.2, 0.25) is 0 Å². The molecule has 1 unspecified atom stereocenters. The van der Waals surface area contributed by atoms with Gasteiger partial charge in [-0.15, -0.1) is 10.6 Å². The molecule has 0 aliphatic carbocycles. The number of rotatable bonds is 2. The average Bonchev–Trinajstić information content (AvgIpc) is 2.85. The van der Waals surface area contributed by atoms with Gasteiger partial charge in [-0.3, -0.25) is 5.41 Å². The highest BCUT2D eigenvalue weighted by Gasteiger charge is 2.47. The van der Waals surface area contributed by atoms with Gasteiger partial charge in [-0.05, 0) is 18.4 Å². The summed E-state index contributed by atoms with van der Waals surface area (Å²) in [6, 6.07) is 3.77. The van der Waals surface area contributed by atoms with Crippen LogP contribution in [0.4, 0.5) is 5.82 Å². The molecule has 1 aromatic heterocycles. The number of hydrazone groups is 1. The molecule has 7 nitrogen and oxygen atoms in total. The van der Waals surface area contributed by atoms with Crippen LogP contribution in [0.3, 0.4) is 0 Å². The molecule has 0 fully saturated rings. The van der Waals surface area contributed by atoms with Crippen LogP contribution in [-0.2, 0) is 5.54 Å². The number of fused-ring (bicyclic) bond motifs is 3. The van der Waals surface area contributed by atoms with Gasteiger partial charge < -0.3 is 5.73 Å². The molecule has 19 heavy (non-hydrogen) atoms. The first-order chi connectivity index (χ1) is 9.04. The number of hydrazine groups is 2. The zero-order valence-corrected chi connectivity index (χ0v) is 10.9. The summed E-state index contributed by atoms with van der Waals surface area (Å²) in [4.78, 5) is 4.37. The Labute approximate surface area is 111 Å². The third-order valence-electron chi connectivity index (χ3n) is 3.41. The lowest BCUT2D eigenvalue weighted by molar-refractivity contribution is 0.443. The molecular formula is C12H17N7. The molecule has 0 saturated heterocycles. The molecule has 7 heteroatoms. The zero-order chi connectivity index (χ0) is 13.6. The fourth-order valence-corrected chi connectivity index (χ4v) is 2.67. The molecule has 5 N–H and O–H groups in total. The number of anilines is 1. The van der Waals surface area contributed by atoms with E-state index in [2.05, 4.69) is 35.0 Å². The van der Waals surface area contributed by atoms with Crippen molar-refractivity contribution in [2.24, 2.45) is 16.8 Å². The van der Waals surface area contributed by atoms with Crippen LogP contribution in [0.2, 0.25) is 0 Å². The fourth-order valence-electron chi connectivity index (χ4n) is 2.67. The van der Waals surface area contributed by atoms with Crippen LogP contribution in [-0.4, -0.2) is 16.5 Å². The summed E-state index contributed by atoms with van der Waals surface area (Å²) in [6.07, 6.45) is 2.39. The minimum absolute atomic E-state index is 0.305. The van der Waals surface area contributed by atoms with Crippen molar-refractivity contribution in [2.75, 3.05) is 5.01 Å². The Hall–Kier alpha value is -1.99. The largest absolute Gasteiger partial charge is 0.316 e. The summed E-state index contributed by atoms with van der Waals surface area (Å²) in [6.45, 7) is 4.19. The lowest BCUT2D eigenvalue weighted by Gasteiger charge is -2.39. The molecule has 0 aromatic carbocycles. The van der Waals surface area contributed by atoms with Crippen molar-refractivity contribution in [2.45, 2.75) is 25.8 Å². The maximum atomic E-state index is 8.39. The molecule has 100 valence electrons. The summed E-state index contributed by atoms with van der Waals surface area (Å²) in [5.41, 5.74) is 12.4. The highest BCUT2D eigenvalue weighted by atomic mass is 15.8. The molecule has 1 aromatic rings. The minimum Gasteiger partial charge on any atom is -0.316 e. The lowest BCUT2D eigenvalue weighted by atomic mass is 9.77. The standard InChI is InChI=1S/C12H17N7/c1-7(2)6-12(14)8-4-3-5-15-10(8)19-11(9(12)13)16-17-18-19/h3-5,7,13,17-18H,6,14H2,1-2H3. The Morgan fingerprint density at radius 2 is 2.32 bits per heavy atom. The Balaban J connectivity index is 2.19. The van der Waals surface area contributed by atoms with Gasteiger partial charge >= 0.3 is 0 Å². The van der Waals surface area contributed by atoms with Crippen molar-refractivity contribution in [3.8, 4) is 0 Å². The Morgan fingerprint density at radius 1 is 1.53 bits per heavy atom. The molecule has 2 aliphatic heterocycles. The van der Waals surface area contributed by atoms with E-state index in [0.29, 0.717) is 29.7 Å². The van der Waals surface area contributed by atoms with Gasteiger partial charge in [-0.2, -0.15) is 0 Å². The highest BCUT2D eigenvalue weighted by molar-refractivity contribution is 6.49. The summed E-state index contributed by atoms with van der Waals surface area (Å²) < 4.78 is 0. The van der Waals surface area contributed by atoms with Crippen LogP contribution >= 0.6 is 0 Å². The Morgan fingerprint density at radius 3 is 3.05 bits per heavy atom. The van der Waals surface area contributed by atoms with Gasteiger partial charge in [0, 0.05) is 11.8 Å². The Bertz CT molecular complexity index is 565. The number of hydrogen-bond donors (Lipinski definition) is 4. The lowest BCUT2D eigenvalue weighted by Crippen LogP contribution is -2.59. The Kier molecular flexibility index (Phi) is 2.54. The van der Waals surface area contributed by atoms with E-state index in [1.54, 1.807) is 11.2 Å². The topological polar surface area (TPSA) is 102 Å². The second kappa shape index (κ2) is 4.01. The van der Waals surface area contributed by atoms with E-state index < -0.39 is 5.54 Å². The second-order valence-corrected chi connectivity index (χ2v) is 5.31. The van der Waals surface area contributed by atoms with Gasteiger partial charge in [0.05, 0.1) is 5.54 Å². The smallest absolute Gasteiger partial charge is 0.195 e. The molecule has 0 saturated carbocycles. The third kappa shape index (κ3) is 1.62. The van der Waals surface area contributed by atoms with E-state index in [-0.39, 0.29) is 0 Å². The molecule has 3 heterocycles. The van der Waals surface area contributed by atoms with Crippen molar-refractivity contribution in [1.29, 1.82) is 5.41 Å². The van der Waals surface area contributed by atoms with Crippen LogP contribution < -0.4 is 21.8 Å². The van der Waals surface area contributed by atoms with E-state index in [1.807, 2.05) is 12.1 Å². The van der Waals surface area contributed by atoms with Gasteiger partial charge in [0.1, 0.15) is 5.71 Å². The first kappa shape index (κ1) is 12.1. The van der Waals surface area contributed by atoms with Gasteiger partial charge in [-0.1, -0.05) is 19.9 Å². The number of nitrogens with two attached hydrogens (primary N) is 1. The number of pyridine rings is 1. The maximum absolute atomic E-state index is 8.39. The third-order valence-corrected chi connectivity index (χ3v) is 3.41. The van der Waals surface area contributed by atoms with Crippen molar-refractivity contribution in [3.63, 3.8) is 0 Å². The number of nitrogens with one attached hydrogen (secondary N) is 3. The monoisotopic (exact) mass is 259 g/mol. The van der Waals surface area contributed by atoms with Crippen LogP contribution in [0.1, 0.15) is 25.8 Å². The summed E-state index contributed by atoms with van der Waals surface area (Å²) in [5.74, 6) is 1.55. The molecule has 0 spiro atoms. The number of hydrogen-bond acceptors (Lipinski definition) is 7. The van der Waals surface area contributed by atoms with E-state index >= 15 is 0 Å². The summed E-state index contributed by atoms with van der Waals surface area (Å²) in [7, 11) is 0. The molecule has 2 aliphatic rings. The van der Waals surface area contributed by atoms with Crippen LogP contribution in [0, 0.1) is 11.3 Å². The molecule has 1 atom stereocenters. The van der Waals surface area contributed by atoms with Crippen LogP contribution in [0.15, 0.2) is 23.4 Å². The van der Waals surface area contributed by atoms with Gasteiger partial charge in [0.15, 0.2) is 11.7 Å². The highest BCUT2D eigenvalue weighted by Crippen LogP contribution is 2.37. The zero-order valence-electron chi connectivity index (χ0n) is 10.9. The van der Waals surface area contributed by atoms with Crippen LogP contribution in [0.5, 0.6) is 0 Å². The first-order valence-corrected chi connectivity index (χ1v) is 6.26. The minimum atomic E-state index is -0.846.